The summed E-state index contributed by atoms with van der Waals surface area (Å²) < 4.78 is 37.2. The lowest BCUT2D eigenvalue weighted by Crippen LogP contribution is -2.43. The Bertz CT molecular complexity index is 401. The van der Waals surface area contributed by atoms with Crippen molar-refractivity contribution >= 4 is 16.5 Å². The molecule has 1 saturated carbocycles. The number of hydrogen-bond acceptors (Lipinski definition) is 5. The van der Waals surface area contributed by atoms with Gasteiger partial charge < -0.3 is 10.4 Å². The summed E-state index contributed by atoms with van der Waals surface area (Å²) in [5, 5.41) is 18.1. The Morgan fingerprint density at radius 2 is 1.89 bits per heavy atom. The fourth-order valence-electron chi connectivity index (χ4n) is 2.17. The van der Waals surface area contributed by atoms with Crippen LogP contribution in [0.25, 0.3) is 0 Å². The molecule has 1 aromatic rings. The zero-order valence-electron chi connectivity index (χ0n) is 9.63. The van der Waals surface area contributed by atoms with Crippen LogP contribution in [-0.2, 0) is 6.18 Å². The van der Waals surface area contributed by atoms with Gasteiger partial charge in [0.15, 0.2) is 0 Å². The van der Waals surface area contributed by atoms with E-state index >= 15 is 0 Å². The molecular weight excluding hydrogens is 267 g/mol. The topological polar surface area (TPSA) is 58.0 Å². The minimum Gasteiger partial charge on any atom is -0.394 e. The summed E-state index contributed by atoms with van der Waals surface area (Å²) in [5.74, 6) is 0. The molecule has 1 heterocycles. The summed E-state index contributed by atoms with van der Waals surface area (Å²) in [7, 11) is 0. The van der Waals surface area contributed by atoms with Crippen LogP contribution < -0.4 is 5.32 Å². The number of anilines is 1. The Morgan fingerprint density at radius 1 is 1.22 bits per heavy atom. The van der Waals surface area contributed by atoms with Crippen molar-refractivity contribution in [3.05, 3.63) is 5.01 Å². The summed E-state index contributed by atoms with van der Waals surface area (Å²) in [6, 6.07) is 0. The average Bonchev–Trinajstić information content (AvgIpc) is 2.78. The number of halogens is 3. The highest BCUT2D eigenvalue weighted by atomic mass is 32.1. The van der Waals surface area contributed by atoms with Crippen molar-refractivity contribution in [3.8, 4) is 0 Å². The van der Waals surface area contributed by atoms with E-state index in [0.717, 1.165) is 32.1 Å². The van der Waals surface area contributed by atoms with Gasteiger partial charge >= 0.3 is 6.18 Å². The number of rotatable bonds is 3. The van der Waals surface area contributed by atoms with Crippen molar-refractivity contribution < 1.29 is 18.3 Å². The predicted octanol–water partition coefficient (Wildman–Crippen LogP) is 2.66. The van der Waals surface area contributed by atoms with Gasteiger partial charge in [-0.1, -0.05) is 30.6 Å². The molecule has 0 atom stereocenters. The van der Waals surface area contributed by atoms with Gasteiger partial charge in [-0.2, -0.15) is 13.2 Å². The van der Waals surface area contributed by atoms with Crippen molar-refractivity contribution in [2.24, 2.45) is 0 Å². The zero-order valence-corrected chi connectivity index (χ0v) is 10.4. The Labute approximate surface area is 106 Å². The van der Waals surface area contributed by atoms with Gasteiger partial charge in [0.1, 0.15) is 0 Å². The van der Waals surface area contributed by atoms with Crippen LogP contribution in [0.5, 0.6) is 0 Å². The lowest BCUT2D eigenvalue weighted by molar-refractivity contribution is -0.138. The van der Waals surface area contributed by atoms with Gasteiger partial charge in [0.25, 0.3) is 0 Å². The molecule has 1 aliphatic carbocycles. The molecular formula is C10H14F3N3OS. The molecule has 0 amide bonds. The standard InChI is InChI=1S/C10H14F3N3OS/c11-10(12,13)7-15-16-8(18-7)14-9(6-17)4-2-1-3-5-9/h17H,1-6H2,(H,14,16). The van der Waals surface area contributed by atoms with Crippen molar-refractivity contribution in [1.29, 1.82) is 0 Å². The SMILES string of the molecule is OCC1(Nc2nnc(C(F)(F)F)s2)CCCCC1. The van der Waals surface area contributed by atoms with Gasteiger partial charge in [0.05, 0.1) is 12.1 Å². The highest BCUT2D eigenvalue weighted by Gasteiger charge is 2.37. The van der Waals surface area contributed by atoms with E-state index in [1.807, 2.05) is 0 Å². The third-order valence-corrected chi connectivity index (χ3v) is 4.04. The van der Waals surface area contributed by atoms with Crippen molar-refractivity contribution in [1.82, 2.24) is 10.2 Å². The van der Waals surface area contributed by atoms with E-state index in [-0.39, 0.29) is 11.7 Å². The number of nitrogens with one attached hydrogen (secondary N) is 1. The van der Waals surface area contributed by atoms with Crippen LogP contribution in [-0.4, -0.2) is 27.4 Å². The maximum absolute atomic E-state index is 12.4. The molecule has 1 aliphatic rings. The van der Waals surface area contributed by atoms with Crippen molar-refractivity contribution in [2.75, 3.05) is 11.9 Å². The summed E-state index contributed by atoms with van der Waals surface area (Å²) in [6.07, 6.45) is 0.0235. The van der Waals surface area contributed by atoms with Crippen LogP contribution in [0.2, 0.25) is 0 Å². The Morgan fingerprint density at radius 3 is 2.39 bits per heavy atom. The summed E-state index contributed by atoms with van der Waals surface area (Å²) in [5.41, 5.74) is -0.541. The van der Waals surface area contributed by atoms with E-state index in [1.54, 1.807) is 0 Å². The minimum atomic E-state index is -4.46. The molecule has 8 heteroatoms. The van der Waals surface area contributed by atoms with Gasteiger partial charge in [-0.15, -0.1) is 10.2 Å². The molecule has 0 saturated heterocycles. The first kappa shape index (κ1) is 13.5. The third kappa shape index (κ3) is 2.92. The predicted molar refractivity (Wildman–Crippen MR) is 61.4 cm³/mol. The molecule has 0 spiro atoms. The molecule has 18 heavy (non-hydrogen) atoms. The average molecular weight is 281 g/mol. The summed E-state index contributed by atoms with van der Waals surface area (Å²) in [4.78, 5) is 0. The largest absolute Gasteiger partial charge is 0.445 e. The Hall–Kier alpha value is -0.890. The van der Waals surface area contributed by atoms with Gasteiger partial charge in [-0.05, 0) is 12.8 Å². The number of aliphatic hydroxyl groups is 1. The van der Waals surface area contributed by atoms with Crippen LogP contribution >= 0.6 is 11.3 Å². The number of hydrogen-bond donors (Lipinski definition) is 2. The first-order valence-electron chi connectivity index (χ1n) is 5.75. The highest BCUT2D eigenvalue weighted by molar-refractivity contribution is 7.15. The number of aliphatic hydroxyl groups excluding tert-OH is 1. The Balaban J connectivity index is 2.10. The van der Waals surface area contributed by atoms with Crippen LogP contribution in [0.1, 0.15) is 37.1 Å². The maximum atomic E-state index is 12.4. The first-order valence-corrected chi connectivity index (χ1v) is 6.57. The quantitative estimate of drug-likeness (QED) is 0.894. The van der Waals surface area contributed by atoms with Gasteiger partial charge in [0.2, 0.25) is 10.1 Å². The van der Waals surface area contributed by atoms with Crippen LogP contribution in [0.15, 0.2) is 0 Å². The molecule has 0 unspecified atom stereocenters. The second-order valence-corrected chi connectivity index (χ2v) is 5.51. The van der Waals surface area contributed by atoms with E-state index in [4.69, 9.17) is 0 Å². The third-order valence-electron chi connectivity index (χ3n) is 3.15. The molecule has 0 bridgehead atoms. The van der Waals surface area contributed by atoms with E-state index < -0.39 is 16.7 Å². The molecule has 0 aliphatic heterocycles. The van der Waals surface area contributed by atoms with Crippen molar-refractivity contribution in [3.63, 3.8) is 0 Å². The lowest BCUT2D eigenvalue weighted by Gasteiger charge is -2.36. The second kappa shape index (κ2) is 5.00. The molecule has 0 aromatic carbocycles. The maximum Gasteiger partial charge on any atom is 0.445 e. The van der Waals surface area contributed by atoms with Crippen LogP contribution in [0.3, 0.4) is 0 Å². The van der Waals surface area contributed by atoms with Crippen LogP contribution in [0, 0.1) is 0 Å². The molecule has 102 valence electrons. The van der Waals surface area contributed by atoms with Gasteiger partial charge in [-0.25, -0.2) is 0 Å². The first-order chi connectivity index (χ1) is 8.45. The molecule has 0 radical (unpaired) electrons. The monoisotopic (exact) mass is 281 g/mol. The van der Waals surface area contributed by atoms with E-state index in [0.29, 0.717) is 11.3 Å². The normalized spacial score (nSPS) is 19.8. The lowest BCUT2D eigenvalue weighted by atomic mass is 9.82. The van der Waals surface area contributed by atoms with E-state index in [1.165, 1.54) is 0 Å². The summed E-state index contributed by atoms with van der Waals surface area (Å²) in [6.45, 7) is -0.103. The molecule has 2 rings (SSSR count). The summed E-state index contributed by atoms with van der Waals surface area (Å²) >= 11 is 0.478. The minimum absolute atomic E-state index is 0.103. The molecule has 2 N–H and O–H groups in total. The molecule has 4 nitrogen and oxygen atoms in total. The fourth-order valence-corrected chi connectivity index (χ4v) is 2.90. The zero-order chi connectivity index (χ0) is 13.2. The number of alkyl halides is 3. The molecule has 1 fully saturated rings. The van der Waals surface area contributed by atoms with Crippen molar-refractivity contribution in [2.45, 2.75) is 43.8 Å². The Kier molecular flexibility index (Phi) is 3.76. The second-order valence-electron chi connectivity index (χ2n) is 4.53. The van der Waals surface area contributed by atoms with E-state index in [2.05, 4.69) is 15.5 Å². The highest BCUT2D eigenvalue weighted by Crippen LogP contribution is 2.36. The molecule has 1 aromatic heterocycles. The number of aromatic nitrogens is 2. The smallest absolute Gasteiger partial charge is 0.394 e. The van der Waals surface area contributed by atoms with Gasteiger partial charge in [-0.3, -0.25) is 0 Å². The van der Waals surface area contributed by atoms with Gasteiger partial charge in [0, 0.05) is 0 Å². The van der Waals surface area contributed by atoms with E-state index in [9.17, 15) is 18.3 Å². The number of nitrogens with zero attached hydrogens (tertiary/aromatic N) is 2. The fraction of sp³-hybridized carbons (Fsp3) is 0.800. The van der Waals surface area contributed by atoms with Crippen LogP contribution in [0.4, 0.5) is 18.3 Å².